The zero-order valence-electron chi connectivity index (χ0n) is 18.5. The Labute approximate surface area is 199 Å². The molecule has 2 aliphatic rings. The molecule has 4 rings (SSSR count). The fourth-order valence-electron chi connectivity index (χ4n) is 4.24. The van der Waals surface area contributed by atoms with E-state index in [0.717, 1.165) is 17.0 Å². The molecule has 2 N–H and O–H groups in total. The molecule has 0 saturated carbocycles. The van der Waals surface area contributed by atoms with Crippen molar-refractivity contribution in [3.05, 3.63) is 71.8 Å². The van der Waals surface area contributed by atoms with Crippen LogP contribution in [-0.2, 0) is 20.6 Å². The van der Waals surface area contributed by atoms with Crippen LogP contribution in [0.1, 0.15) is 35.2 Å². The fourth-order valence-corrected chi connectivity index (χ4v) is 4.24. The van der Waals surface area contributed by atoms with Crippen LogP contribution in [0.3, 0.4) is 0 Å². The molecule has 0 unspecified atom stereocenters. The molecule has 7 nitrogen and oxygen atoms in total. The molecule has 1 aliphatic heterocycles. The molecule has 10 heteroatoms. The molecule has 0 bridgehead atoms. The van der Waals surface area contributed by atoms with Crippen molar-refractivity contribution in [2.24, 2.45) is 11.8 Å². The predicted octanol–water partition coefficient (Wildman–Crippen LogP) is 4.24. The van der Waals surface area contributed by atoms with Gasteiger partial charge in [0.25, 0.3) is 5.91 Å². The van der Waals surface area contributed by atoms with Gasteiger partial charge in [-0.2, -0.15) is 13.2 Å². The van der Waals surface area contributed by atoms with Crippen LogP contribution in [0.4, 0.5) is 24.5 Å². The third-order valence-corrected chi connectivity index (χ3v) is 6.02. The smallest absolute Gasteiger partial charge is 0.326 e. The summed E-state index contributed by atoms with van der Waals surface area (Å²) in [5.41, 5.74) is -0.484. The van der Waals surface area contributed by atoms with E-state index in [1.807, 2.05) is 12.2 Å². The number of carbonyl (C=O) groups is 4. The van der Waals surface area contributed by atoms with Gasteiger partial charge in [0.15, 0.2) is 0 Å². The highest BCUT2D eigenvalue weighted by Crippen LogP contribution is 2.35. The minimum Gasteiger partial charge on any atom is -0.326 e. The number of rotatable bonds is 6. The molecule has 1 heterocycles. The Hall–Kier alpha value is -3.95. The number of halogens is 3. The average Bonchev–Trinajstić information content (AvgIpc) is 3.07. The third-order valence-electron chi connectivity index (χ3n) is 6.02. The van der Waals surface area contributed by atoms with Crippen LogP contribution >= 0.6 is 0 Å². The van der Waals surface area contributed by atoms with Gasteiger partial charge in [0, 0.05) is 29.9 Å². The van der Waals surface area contributed by atoms with Gasteiger partial charge < -0.3 is 10.6 Å². The molecule has 0 radical (unpaired) electrons. The van der Waals surface area contributed by atoms with Crippen LogP contribution in [0.15, 0.2) is 60.7 Å². The number of nitrogens with zero attached hydrogens (tertiary/aromatic N) is 1. The van der Waals surface area contributed by atoms with Crippen molar-refractivity contribution < 1.29 is 32.3 Å². The van der Waals surface area contributed by atoms with Crippen molar-refractivity contribution in [1.82, 2.24) is 4.90 Å². The molecular formula is C25H22F3N3O4. The maximum Gasteiger partial charge on any atom is 0.416 e. The molecule has 1 fully saturated rings. The van der Waals surface area contributed by atoms with E-state index in [4.69, 9.17) is 0 Å². The minimum atomic E-state index is -4.54. The molecule has 2 atom stereocenters. The second kappa shape index (κ2) is 9.73. The van der Waals surface area contributed by atoms with E-state index in [1.165, 1.54) is 30.3 Å². The summed E-state index contributed by atoms with van der Waals surface area (Å²) in [4.78, 5) is 51.1. The Bertz CT molecular complexity index is 1180. The number of likely N-dealkylation sites (tertiary alicyclic amines) is 1. The van der Waals surface area contributed by atoms with Crippen LogP contribution < -0.4 is 10.6 Å². The zero-order chi connectivity index (χ0) is 25.2. The van der Waals surface area contributed by atoms with Crippen LogP contribution in [0.2, 0.25) is 0 Å². The lowest BCUT2D eigenvalue weighted by molar-refractivity contribution is -0.140. The van der Waals surface area contributed by atoms with Gasteiger partial charge in [0.05, 0.1) is 17.4 Å². The van der Waals surface area contributed by atoms with E-state index in [-0.39, 0.29) is 47.9 Å². The highest BCUT2D eigenvalue weighted by Gasteiger charge is 2.46. The van der Waals surface area contributed by atoms with Gasteiger partial charge in [-0.05, 0) is 49.2 Å². The molecule has 0 aromatic heterocycles. The molecular weight excluding hydrogens is 463 g/mol. The topological polar surface area (TPSA) is 95.6 Å². The van der Waals surface area contributed by atoms with E-state index in [1.54, 1.807) is 6.07 Å². The number of imide groups is 1. The summed E-state index contributed by atoms with van der Waals surface area (Å²) in [5, 5.41) is 5.03. The van der Waals surface area contributed by atoms with Crippen LogP contribution in [0, 0.1) is 11.8 Å². The Morgan fingerprint density at radius 3 is 2.11 bits per heavy atom. The van der Waals surface area contributed by atoms with Gasteiger partial charge in [-0.1, -0.05) is 24.3 Å². The zero-order valence-corrected chi connectivity index (χ0v) is 18.5. The number of nitrogens with one attached hydrogen (secondary N) is 2. The van der Waals surface area contributed by atoms with Gasteiger partial charge in [-0.3, -0.25) is 24.1 Å². The number of allylic oxidation sites excluding steroid dienone is 2. The van der Waals surface area contributed by atoms with E-state index >= 15 is 0 Å². The second-order valence-corrected chi connectivity index (χ2v) is 8.40. The van der Waals surface area contributed by atoms with Crippen molar-refractivity contribution in [3.8, 4) is 0 Å². The van der Waals surface area contributed by atoms with Crippen LogP contribution in [0.5, 0.6) is 0 Å². The monoisotopic (exact) mass is 485 g/mol. The Balaban J connectivity index is 1.34. The van der Waals surface area contributed by atoms with Gasteiger partial charge in [0.1, 0.15) is 0 Å². The lowest BCUT2D eigenvalue weighted by atomic mass is 9.85. The number of hydrogen-bond donors (Lipinski definition) is 2. The quantitative estimate of drug-likeness (QED) is 0.473. The number of amides is 4. The van der Waals surface area contributed by atoms with Crippen molar-refractivity contribution in [2.75, 3.05) is 17.2 Å². The summed E-state index contributed by atoms with van der Waals surface area (Å²) < 4.78 is 38.7. The summed E-state index contributed by atoms with van der Waals surface area (Å²) in [6, 6.07) is 10.2. The first kappa shape index (κ1) is 24.2. The summed E-state index contributed by atoms with van der Waals surface area (Å²) in [6.07, 6.45) is 0.174. The van der Waals surface area contributed by atoms with Gasteiger partial charge in [-0.15, -0.1) is 0 Å². The fraction of sp³-hybridized carbons (Fsp3) is 0.280. The first-order valence-electron chi connectivity index (χ1n) is 11.0. The Morgan fingerprint density at radius 1 is 0.886 bits per heavy atom. The lowest BCUT2D eigenvalue weighted by Gasteiger charge is -2.14. The molecule has 1 aliphatic carbocycles. The van der Waals surface area contributed by atoms with E-state index in [0.29, 0.717) is 18.5 Å². The van der Waals surface area contributed by atoms with E-state index in [9.17, 15) is 32.3 Å². The normalized spacial score (nSPS) is 19.5. The maximum absolute atomic E-state index is 12.9. The van der Waals surface area contributed by atoms with Crippen LogP contribution in [0.25, 0.3) is 0 Å². The highest BCUT2D eigenvalue weighted by molar-refractivity contribution is 6.06. The number of fused-ring (bicyclic) bond motifs is 1. The van der Waals surface area contributed by atoms with Crippen molar-refractivity contribution >= 4 is 35.0 Å². The summed E-state index contributed by atoms with van der Waals surface area (Å²) in [7, 11) is 0. The van der Waals surface area contributed by atoms with Crippen molar-refractivity contribution in [1.29, 1.82) is 0 Å². The molecule has 182 valence electrons. The standard InChI is InChI=1S/C25H22F3N3O4/c26-25(27,28)16-6-4-8-18(14-16)30-22(33)15-5-3-7-17(13-15)29-21(32)11-12-31-23(34)19-9-1-2-10-20(19)24(31)35/h1-8,13-14,19-20H,9-12H2,(H,29,32)(H,30,33)/t19-,20+. The molecule has 1 saturated heterocycles. The average molecular weight is 485 g/mol. The number of hydrogen-bond acceptors (Lipinski definition) is 4. The molecule has 35 heavy (non-hydrogen) atoms. The van der Waals surface area contributed by atoms with Gasteiger partial charge in [-0.25, -0.2) is 0 Å². The molecule has 2 aromatic carbocycles. The summed E-state index contributed by atoms with van der Waals surface area (Å²) in [5.74, 6) is -2.33. The first-order chi connectivity index (χ1) is 16.6. The van der Waals surface area contributed by atoms with E-state index < -0.39 is 23.6 Å². The first-order valence-corrected chi connectivity index (χ1v) is 11.0. The number of benzene rings is 2. The van der Waals surface area contributed by atoms with Crippen molar-refractivity contribution in [3.63, 3.8) is 0 Å². The number of alkyl halides is 3. The third kappa shape index (κ3) is 5.42. The SMILES string of the molecule is O=C(CCN1C(=O)[C@H]2CC=CC[C@H]2C1=O)Nc1cccc(C(=O)Nc2cccc(C(F)(F)F)c2)c1. The predicted molar refractivity (Wildman–Crippen MR) is 121 cm³/mol. The minimum absolute atomic E-state index is 0.0185. The van der Waals surface area contributed by atoms with Crippen molar-refractivity contribution in [2.45, 2.75) is 25.4 Å². The Kier molecular flexibility index (Phi) is 6.72. The second-order valence-electron chi connectivity index (χ2n) is 8.40. The largest absolute Gasteiger partial charge is 0.416 e. The maximum atomic E-state index is 12.9. The number of carbonyl (C=O) groups excluding carboxylic acids is 4. The Morgan fingerprint density at radius 2 is 1.49 bits per heavy atom. The van der Waals surface area contributed by atoms with Crippen LogP contribution in [-0.4, -0.2) is 35.1 Å². The van der Waals surface area contributed by atoms with E-state index in [2.05, 4.69) is 10.6 Å². The molecule has 0 spiro atoms. The summed E-state index contributed by atoms with van der Waals surface area (Å²) >= 11 is 0. The molecule has 2 aromatic rings. The number of anilines is 2. The molecule has 4 amide bonds. The summed E-state index contributed by atoms with van der Waals surface area (Å²) in [6.45, 7) is -0.0355. The van der Waals surface area contributed by atoms with Gasteiger partial charge in [0.2, 0.25) is 17.7 Å². The van der Waals surface area contributed by atoms with Gasteiger partial charge >= 0.3 is 6.18 Å². The lowest BCUT2D eigenvalue weighted by Crippen LogP contribution is -2.34. The highest BCUT2D eigenvalue weighted by atomic mass is 19.4.